The maximum atomic E-state index is 10.3. The summed E-state index contributed by atoms with van der Waals surface area (Å²) >= 11 is 3.19. The fourth-order valence-electron chi connectivity index (χ4n) is 0.804. The SMILES string of the molecule is COc1ncc(Br)cc1OCC(=O)O. The second-order valence-corrected chi connectivity index (χ2v) is 3.26. The number of carboxylic acid groups (broad SMARTS) is 1. The van der Waals surface area contributed by atoms with E-state index < -0.39 is 12.6 Å². The van der Waals surface area contributed by atoms with Gasteiger partial charge in [0.1, 0.15) is 0 Å². The van der Waals surface area contributed by atoms with Crippen molar-refractivity contribution in [1.29, 1.82) is 0 Å². The highest BCUT2D eigenvalue weighted by Crippen LogP contribution is 2.27. The van der Waals surface area contributed by atoms with E-state index in [0.29, 0.717) is 10.2 Å². The molecule has 0 radical (unpaired) electrons. The molecule has 1 N–H and O–H groups in total. The average Bonchev–Trinajstić information content (AvgIpc) is 2.15. The molecule has 0 spiro atoms. The molecule has 0 aliphatic heterocycles. The van der Waals surface area contributed by atoms with Crippen LogP contribution in [-0.2, 0) is 4.79 Å². The fraction of sp³-hybridized carbons (Fsp3) is 0.250. The minimum Gasteiger partial charge on any atom is -0.479 e. The Labute approximate surface area is 88.8 Å². The molecule has 76 valence electrons. The molecule has 0 bridgehead atoms. The van der Waals surface area contributed by atoms with Crippen LogP contribution in [0.3, 0.4) is 0 Å². The summed E-state index contributed by atoms with van der Waals surface area (Å²) in [5, 5.41) is 8.41. The number of halogens is 1. The van der Waals surface area contributed by atoms with E-state index in [0.717, 1.165) is 0 Å². The van der Waals surface area contributed by atoms with Crippen molar-refractivity contribution in [3.8, 4) is 11.6 Å². The first-order valence-electron chi connectivity index (χ1n) is 3.67. The number of hydrogen-bond donors (Lipinski definition) is 1. The molecule has 5 nitrogen and oxygen atoms in total. The van der Waals surface area contributed by atoms with Crippen molar-refractivity contribution in [2.45, 2.75) is 0 Å². The molecule has 0 aliphatic carbocycles. The number of pyridine rings is 1. The Balaban J connectivity index is 2.82. The van der Waals surface area contributed by atoms with E-state index in [4.69, 9.17) is 14.6 Å². The minimum atomic E-state index is -1.05. The maximum Gasteiger partial charge on any atom is 0.341 e. The van der Waals surface area contributed by atoms with Gasteiger partial charge in [0.25, 0.3) is 5.88 Å². The number of aliphatic carboxylic acids is 1. The lowest BCUT2D eigenvalue weighted by atomic mass is 10.4. The van der Waals surface area contributed by atoms with Crippen LogP contribution in [-0.4, -0.2) is 29.8 Å². The number of nitrogens with zero attached hydrogens (tertiary/aromatic N) is 1. The topological polar surface area (TPSA) is 68.7 Å². The number of ether oxygens (including phenoxy) is 2. The molecule has 0 saturated heterocycles. The smallest absolute Gasteiger partial charge is 0.341 e. The molecule has 0 saturated carbocycles. The Morgan fingerprint density at radius 1 is 1.71 bits per heavy atom. The Hall–Kier alpha value is -1.30. The Morgan fingerprint density at radius 3 is 3.00 bits per heavy atom. The van der Waals surface area contributed by atoms with Gasteiger partial charge in [-0.05, 0) is 15.9 Å². The lowest BCUT2D eigenvalue weighted by molar-refractivity contribution is -0.139. The zero-order valence-corrected chi connectivity index (χ0v) is 8.94. The third kappa shape index (κ3) is 2.88. The van der Waals surface area contributed by atoms with Crippen molar-refractivity contribution in [2.75, 3.05) is 13.7 Å². The average molecular weight is 262 g/mol. The van der Waals surface area contributed by atoms with Crippen LogP contribution in [0.1, 0.15) is 0 Å². The molecule has 0 unspecified atom stereocenters. The van der Waals surface area contributed by atoms with E-state index in [2.05, 4.69) is 20.9 Å². The van der Waals surface area contributed by atoms with Gasteiger partial charge in [-0.15, -0.1) is 0 Å². The highest BCUT2D eigenvalue weighted by Gasteiger charge is 2.08. The summed E-state index contributed by atoms with van der Waals surface area (Å²) in [5.41, 5.74) is 0. The summed E-state index contributed by atoms with van der Waals surface area (Å²) in [6, 6.07) is 1.59. The van der Waals surface area contributed by atoms with Crippen LogP contribution in [0, 0.1) is 0 Å². The molecule has 0 aliphatic rings. The van der Waals surface area contributed by atoms with Gasteiger partial charge in [-0.25, -0.2) is 9.78 Å². The van der Waals surface area contributed by atoms with Crippen molar-refractivity contribution in [3.63, 3.8) is 0 Å². The standard InChI is InChI=1S/C8H8BrNO4/c1-13-8-6(14-4-7(11)12)2-5(9)3-10-8/h2-3H,4H2,1H3,(H,11,12). The van der Waals surface area contributed by atoms with Gasteiger partial charge >= 0.3 is 5.97 Å². The first kappa shape index (κ1) is 10.8. The molecule has 0 fully saturated rings. The number of hydrogen-bond acceptors (Lipinski definition) is 4. The van der Waals surface area contributed by atoms with Crippen LogP contribution < -0.4 is 9.47 Å². The molecule has 14 heavy (non-hydrogen) atoms. The molecule has 1 rings (SSSR count). The van der Waals surface area contributed by atoms with Crippen LogP contribution in [0.2, 0.25) is 0 Å². The molecule has 1 aromatic rings. The Bertz CT molecular complexity index is 342. The van der Waals surface area contributed by atoms with E-state index in [1.165, 1.54) is 13.3 Å². The minimum absolute atomic E-state index is 0.259. The molecule has 1 aromatic heterocycles. The van der Waals surface area contributed by atoms with E-state index in [1.807, 2.05) is 0 Å². The quantitative estimate of drug-likeness (QED) is 0.886. The zero-order valence-electron chi connectivity index (χ0n) is 7.36. The lowest BCUT2D eigenvalue weighted by Crippen LogP contribution is -2.10. The molecule has 0 atom stereocenters. The van der Waals surface area contributed by atoms with E-state index in [1.54, 1.807) is 6.07 Å². The largest absolute Gasteiger partial charge is 0.479 e. The molecule has 0 amide bonds. The van der Waals surface area contributed by atoms with Gasteiger partial charge in [0.15, 0.2) is 12.4 Å². The third-order valence-corrected chi connectivity index (χ3v) is 1.76. The van der Waals surface area contributed by atoms with Gasteiger partial charge in [-0.3, -0.25) is 0 Å². The van der Waals surface area contributed by atoms with Gasteiger partial charge in [0.2, 0.25) is 0 Å². The van der Waals surface area contributed by atoms with Crippen LogP contribution >= 0.6 is 15.9 Å². The number of carboxylic acids is 1. The highest BCUT2D eigenvalue weighted by molar-refractivity contribution is 9.10. The normalized spacial score (nSPS) is 9.57. The Kier molecular flexibility index (Phi) is 3.70. The van der Waals surface area contributed by atoms with Crippen LogP contribution in [0.4, 0.5) is 0 Å². The summed E-state index contributed by atoms with van der Waals surface area (Å²) in [5.74, 6) is -0.495. The zero-order chi connectivity index (χ0) is 10.6. The molecule has 6 heteroatoms. The predicted octanol–water partition coefficient (Wildman–Crippen LogP) is 1.32. The van der Waals surface area contributed by atoms with Crippen molar-refractivity contribution in [2.24, 2.45) is 0 Å². The first-order valence-corrected chi connectivity index (χ1v) is 4.47. The monoisotopic (exact) mass is 261 g/mol. The predicted molar refractivity (Wildman–Crippen MR) is 51.6 cm³/mol. The molecular formula is C8H8BrNO4. The van der Waals surface area contributed by atoms with Gasteiger partial charge in [0, 0.05) is 16.7 Å². The van der Waals surface area contributed by atoms with Gasteiger partial charge < -0.3 is 14.6 Å². The van der Waals surface area contributed by atoms with Crippen molar-refractivity contribution in [1.82, 2.24) is 4.98 Å². The number of aromatic nitrogens is 1. The van der Waals surface area contributed by atoms with Gasteiger partial charge in [-0.2, -0.15) is 0 Å². The van der Waals surface area contributed by atoms with Gasteiger partial charge in [0.05, 0.1) is 7.11 Å². The van der Waals surface area contributed by atoms with E-state index in [9.17, 15) is 4.79 Å². The molecular weight excluding hydrogens is 254 g/mol. The number of carbonyl (C=O) groups is 1. The maximum absolute atomic E-state index is 10.3. The van der Waals surface area contributed by atoms with E-state index >= 15 is 0 Å². The first-order chi connectivity index (χ1) is 6.63. The Morgan fingerprint density at radius 2 is 2.43 bits per heavy atom. The van der Waals surface area contributed by atoms with E-state index in [-0.39, 0.29) is 5.88 Å². The van der Waals surface area contributed by atoms with Crippen LogP contribution in [0.25, 0.3) is 0 Å². The molecule has 1 heterocycles. The molecule has 0 aromatic carbocycles. The highest BCUT2D eigenvalue weighted by atomic mass is 79.9. The summed E-state index contributed by atoms with van der Waals surface area (Å²) in [6.07, 6.45) is 1.53. The van der Waals surface area contributed by atoms with Gasteiger partial charge in [-0.1, -0.05) is 0 Å². The van der Waals surface area contributed by atoms with Crippen molar-refractivity contribution < 1.29 is 19.4 Å². The van der Waals surface area contributed by atoms with Crippen LogP contribution in [0.15, 0.2) is 16.7 Å². The summed E-state index contributed by atoms with van der Waals surface area (Å²) in [6.45, 7) is -0.422. The van der Waals surface area contributed by atoms with Crippen molar-refractivity contribution in [3.05, 3.63) is 16.7 Å². The lowest BCUT2D eigenvalue weighted by Gasteiger charge is -2.07. The summed E-state index contributed by atoms with van der Waals surface area (Å²) in [4.78, 5) is 14.1. The fourth-order valence-corrected chi connectivity index (χ4v) is 1.11. The number of rotatable bonds is 4. The summed E-state index contributed by atoms with van der Waals surface area (Å²) in [7, 11) is 1.43. The second kappa shape index (κ2) is 4.80. The third-order valence-electron chi connectivity index (χ3n) is 1.33. The second-order valence-electron chi connectivity index (χ2n) is 2.34. The van der Waals surface area contributed by atoms with Crippen LogP contribution in [0.5, 0.6) is 11.6 Å². The van der Waals surface area contributed by atoms with Crippen molar-refractivity contribution >= 4 is 21.9 Å². The number of methoxy groups -OCH3 is 1. The summed E-state index contributed by atoms with van der Waals surface area (Å²) < 4.78 is 10.5.